The van der Waals surface area contributed by atoms with Gasteiger partial charge in [0.05, 0.1) is 0 Å². The van der Waals surface area contributed by atoms with E-state index < -0.39 is 12.2 Å². The van der Waals surface area contributed by atoms with Gasteiger partial charge >= 0.3 is 12.2 Å². The molecule has 1 aliphatic heterocycles. The second-order valence-corrected chi connectivity index (χ2v) is 4.54. The first-order chi connectivity index (χ1) is 8.36. The van der Waals surface area contributed by atoms with Crippen LogP contribution in [-0.4, -0.2) is 46.9 Å². The van der Waals surface area contributed by atoms with Crippen LogP contribution in [0.4, 0.5) is 19.2 Å². The minimum atomic E-state index is -4.17. The van der Waals surface area contributed by atoms with Crippen LogP contribution in [0.2, 0.25) is 0 Å². The van der Waals surface area contributed by atoms with Crippen molar-refractivity contribution in [3.05, 3.63) is 5.89 Å². The van der Waals surface area contributed by atoms with E-state index in [2.05, 4.69) is 15.5 Å². The van der Waals surface area contributed by atoms with Crippen molar-refractivity contribution in [2.45, 2.75) is 38.0 Å². The molecule has 0 saturated carbocycles. The molecule has 1 fully saturated rings. The largest absolute Gasteiger partial charge is 0.408 e. The highest BCUT2D eigenvalue weighted by Gasteiger charge is 2.44. The molecule has 2 heterocycles. The first kappa shape index (κ1) is 13.1. The Hall–Kier alpha value is -1.31. The van der Waals surface area contributed by atoms with E-state index >= 15 is 0 Å². The summed E-state index contributed by atoms with van der Waals surface area (Å²) in [5.41, 5.74) is 0. The van der Waals surface area contributed by atoms with Crippen LogP contribution in [0.15, 0.2) is 4.42 Å². The number of nitrogens with zero attached hydrogens (tertiary/aromatic N) is 3. The van der Waals surface area contributed by atoms with Gasteiger partial charge in [0.15, 0.2) is 0 Å². The monoisotopic (exact) mass is 264 g/mol. The number of rotatable bonds is 2. The van der Waals surface area contributed by atoms with Crippen LogP contribution in [0.5, 0.6) is 0 Å². The fourth-order valence-corrected chi connectivity index (χ4v) is 2.21. The van der Waals surface area contributed by atoms with Gasteiger partial charge < -0.3 is 9.73 Å². The molecular weight excluding hydrogens is 249 g/mol. The molecule has 1 aliphatic rings. The number of aromatic nitrogens is 2. The van der Waals surface area contributed by atoms with E-state index in [1.165, 1.54) is 11.9 Å². The number of nitrogens with one attached hydrogen (secondary N) is 1. The van der Waals surface area contributed by atoms with E-state index in [-0.39, 0.29) is 18.5 Å². The van der Waals surface area contributed by atoms with Crippen LogP contribution in [-0.2, 0) is 0 Å². The summed E-state index contributed by atoms with van der Waals surface area (Å²) in [5, 5.41) is 10.4. The first-order valence-corrected chi connectivity index (χ1v) is 5.70. The van der Waals surface area contributed by atoms with Gasteiger partial charge in [0, 0.05) is 19.5 Å². The highest BCUT2D eigenvalue weighted by molar-refractivity contribution is 5.20. The van der Waals surface area contributed by atoms with Gasteiger partial charge in [-0.05, 0) is 19.9 Å². The Labute approximate surface area is 102 Å². The van der Waals surface area contributed by atoms with Gasteiger partial charge in [0.1, 0.15) is 6.04 Å². The Balaban J connectivity index is 1.92. The van der Waals surface area contributed by atoms with Gasteiger partial charge in [0.25, 0.3) is 0 Å². The number of halogens is 3. The maximum absolute atomic E-state index is 12.6. The molecule has 102 valence electrons. The summed E-state index contributed by atoms with van der Waals surface area (Å²) in [5.74, 6) is 0.426. The molecule has 1 aromatic rings. The number of likely N-dealkylation sites (N-methyl/N-ethyl adjacent to an activating group) is 1. The quantitative estimate of drug-likeness (QED) is 0.883. The van der Waals surface area contributed by atoms with Crippen LogP contribution in [0.3, 0.4) is 0 Å². The lowest BCUT2D eigenvalue weighted by atomic mass is 9.98. The zero-order chi connectivity index (χ0) is 13.3. The van der Waals surface area contributed by atoms with E-state index in [1.54, 1.807) is 6.92 Å². The molecular formula is C10H15F3N4O. The van der Waals surface area contributed by atoms with E-state index in [0.29, 0.717) is 18.9 Å². The zero-order valence-corrected chi connectivity index (χ0v) is 10.2. The number of aryl methyl sites for hydroxylation is 1. The number of likely N-dealkylation sites (tertiary alicyclic amines) is 1. The lowest BCUT2D eigenvalue weighted by Crippen LogP contribution is -2.52. The molecule has 1 N–H and O–H groups in total. The van der Waals surface area contributed by atoms with Crippen molar-refractivity contribution < 1.29 is 17.6 Å². The van der Waals surface area contributed by atoms with E-state index in [9.17, 15) is 13.2 Å². The molecule has 0 aliphatic carbocycles. The van der Waals surface area contributed by atoms with E-state index in [4.69, 9.17) is 4.42 Å². The molecule has 1 aromatic heterocycles. The lowest BCUT2D eigenvalue weighted by Gasteiger charge is -2.37. The summed E-state index contributed by atoms with van der Waals surface area (Å²) in [6, 6.07) is -1.20. The predicted molar refractivity (Wildman–Crippen MR) is 58.2 cm³/mol. The maximum Gasteiger partial charge on any atom is 0.404 e. The van der Waals surface area contributed by atoms with Crippen molar-refractivity contribution in [3.63, 3.8) is 0 Å². The summed E-state index contributed by atoms with van der Waals surface area (Å²) in [7, 11) is 1.48. The van der Waals surface area contributed by atoms with Gasteiger partial charge in [-0.15, -0.1) is 5.10 Å². The minimum absolute atomic E-state index is 0.0742. The van der Waals surface area contributed by atoms with Crippen molar-refractivity contribution in [2.24, 2.45) is 0 Å². The molecule has 0 aromatic carbocycles. The van der Waals surface area contributed by atoms with Crippen LogP contribution >= 0.6 is 0 Å². The number of anilines is 1. The van der Waals surface area contributed by atoms with Crippen molar-refractivity contribution >= 4 is 6.01 Å². The predicted octanol–water partition coefficient (Wildman–Crippen LogP) is 1.82. The van der Waals surface area contributed by atoms with Gasteiger partial charge in [-0.3, -0.25) is 4.90 Å². The summed E-state index contributed by atoms with van der Waals surface area (Å²) < 4.78 is 43.1. The summed E-state index contributed by atoms with van der Waals surface area (Å²) in [6.07, 6.45) is -3.67. The third-order valence-electron chi connectivity index (χ3n) is 3.06. The molecule has 0 radical (unpaired) electrons. The third kappa shape index (κ3) is 2.92. The highest BCUT2D eigenvalue weighted by Crippen LogP contribution is 2.31. The minimum Gasteiger partial charge on any atom is -0.408 e. The molecule has 8 heteroatoms. The average molecular weight is 264 g/mol. The molecule has 18 heavy (non-hydrogen) atoms. The molecule has 2 atom stereocenters. The Morgan fingerprint density at radius 2 is 2.06 bits per heavy atom. The molecule has 2 rings (SSSR count). The second-order valence-electron chi connectivity index (χ2n) is 4.54. The number of piperidine rings is 1. The normalized spacial score (nSPS) is 26.3. The van der Waals surface area contributed by atoms with Gasteiger partial charge in [-0.2, -0.15) is 13.2 Å². The number of hydrogen-bond acceptors (Lipinski definition) is 5. The van der Waals surface area contributed by atoms with E-state index in [0.717, 1.165) is 0 Å². The fourth-order valence-electron chi connectivity index (χ4n) is 2.21. The molecule has 0 spiro atoms. The molecule has 5 nitrogen and oxygen atoms in total. The van der Waals surface area contributed by atoms with Crippen molar-refractivity contribution in [1.82, 2.24) is 15.1 Å². The number of hydrogen-bond donors (Lipinski definition) is 1. The Morgan fingerprint density at radius 3 is 2.56 bits per heavy atom. The van der Waals surface area contributed by atoms with E-state index in [1.807, 2.05) is 0 Å². The van der Waals surface area contributed by atoms with Gasteiger partial charge in [-0.25, -0.2) is 0 Å². The molecule has 1 saturated heterocycles. The van der Waals surface area contributed by atoms with Crippen LogP contribution in [0, 0.1) is 6.92 Å². The summed E-state index contributed by atoms with van der Waals surface area (Å²) in [4.78, 5) is 1.31. The standard InChI is InChI=1S/C10H15F3N4O/c1-6-15-16-9(18-6)14-7-3-4-8(10(11,12)13)17(2)5-7/h7-8H,3-5H2,1-2H3,(H,14,16). The Morgan fingerprint density at radius 1 is 1.33 bits per heavy atom. The Bertz CT molecular complexity index is 406. The van der Waals surface area contributed by atoms with Crippen LogP contribution in [0.25, 0.3) is 0 Å². The van der Waals surface area contributed by atoms with Crippen molar-refractivity contribution in [1.29, 1.82) is 0 Å². The Kier molecular flexibility index (Phi) is 3.47. The second kappa shape index (κ2) is 4.75. The SMILES string of the molecule is Cc1nnc(NC2CCC(C(F)(F)F)N(C)C2)o1. The summed E-state index contributed by atoms with van der Waals surface area (Å²) >= 11 is 0. The molecule has 0 bridgehead atoms. The van der Waals surface area contributed by atoms with Crippen molar-refractivity contribution in [3.8, 4) is 0 Å². The maximum atomic E-state index is 12.6. The topological polar surface area (TPSA) is 54.2 Å². The molecule has 2 unspecified atom stereocenters. The summed E-state index contributed by atoms with van der Waals surface area (Å²) in [6.45, 7) is 1.95. The average Bonchev–Trinajstić information content (AvgIpc) is 2.62. The third-order valence-corrected chi connectivity index (χ3v) is 3.06. The first-order valence-electron chi connectivity index (χ1n) is 5.70. The zero-order valence-electron chi connectivity index (χ0n) is 10.2. The van der Waals surface area contributed by atoms with Gasteiger partial charge in [0.2, 0.25) is 5.89 Å². The lowest BCUT2D eigenvalue weighted by molar-refractivity contribution is -0.187. The smallest absolute Gasteiger partial charge is 0.404 e. The number of alkyl halides is 3. The van der Waals surface area contributed by atoms with Crippen LogP contribution < -0.4 is 5.32 Å². The van der Waals surface area contributed by atoms with Gasteiger partial charge in [-0.1, -0.05) is 5.10 Å². The van der Waals surface area contributed by atoms with Crippen molar-refractivity contribution in [2.75, 3.05) is 18.9 Å². The fraction of sp³-hybridized carbons (Fsp3) is 0.800. The molecule has 0 amide bonds. The van der Waals surface area contributed by atoms with Crippen LogP contribution in [0.1, 0.15) is 18.7 Å². The highest BCUT2D eigenvalue weighted by atomic mass is 19.4.